The molecule has 1 saturated carbocycles. The zero-order valence-electron chi connectivity index (χ0n) is 12.5. The maximum atomic E-state index is 12.6. The van der Waals surface area contributed by atoms with E-state index in [1.807, 2.05) is 0 Å². The summed E-state index contributed by atoms with van der Waals surface area (Å²) in [7, 11) is 2.11. The first-order valence-electron chi connectivity index (χ1n) is 7.84. The lowest BCUT2D eigenvalue weighted by molar-refractivity contribution is 0.258. The Labute approximate surface area is 130 Å². The van der Waals surface area contributed by atoms with Crippen LogP contribution < -0.4 is 10.9 Å². The first kappa shape index (κ1) is 14.9. The predicted molar refractivity (Wildman–Crippen MR) is 85.0 cm³/mol. The van der Waals surface area contributed by atoms with Gasteiger partial charge in [0.2, 0.25) is 0 Å². The average molecular weight is 311 g/mol. The molecule has 2 aliphatic rings. The molecule has 0 aromatic carbocycles. The van der Waals surface area contributed by atoms with Gasteiger partial charge >= 0.3 is 0 Å². The van der Waals surface area contributed by atoms with Crippen LogP contribution in [0.4, 0.5) is 5.69 Å². The predicted octanol–water partition coefficient (Wildman–Crippen LogP) is 2.20. The van der Waals surface area contributed by atoms with Crippen molar-refractivity contribution >= 4 is 17.3 Å². The van der Waals surface area contributed by atoms with Gasteiger partial charge in [-0.25, -0.2) is 4.68 Å². The second kappa shape index (κ2) is 6.36. The minimum absolute atomic E-state index is 0.0809. The van der Waals surface area contributed by atoms with Crippen LogP contribution >= 0.6 is 11.6 Å². The van der Waals surface area contributed by atoms with E-state index in [9.17, 15) is 4.79 Å². The lowest BCUT2D eigenvalue weighted by Crippen LogP contribution is -2.41. The Bertz CT molecular complexity index is 555. The summed E-state index contributed by atoms with van der Waals surface area (Å²) in [5.74, 6) is 0.602. The molecule has 1 saturated heterocycles. The van der Waals surface area contributed by atoms with Gasteiger partial charge in [0.1, 0.15) is 5.69 Å². The Hall–Kier alpha value is -1.07. The number of nitrogens with zero attached hydrogens (tertiary/aromatic N) is 3. The van der Waals surface area contributed by atoms with Gasteiger partial charge in [0, 0.05) is 19.1 Å². The minimum Gasteiger partial charge on any atom is -0.375 e. The molecule has 1 aliphatic carbocycles. The van der Waals surface area contributed by atoms with Gasteiger partial charge in [-0.1, -0.05) is 18.0 Å². The van der Waals surface area contributed by atoms with Crippen molar-refractivity contribution in [2.45, 2.75) is 44.7 Å². The van der Waals surface area contributed by atoms with Crippen molar-refractivity contribution in [1.29, 1.82) is 0 Å². The van der Waals surface area contributed by atoms with E-state index in [-0.39, 0.29) is 11.6 Å². The number of halogens is 1. The zero-order valence-corrected chi connectivity index (χ0v) is 13.3. The lowest BCUT2D eigenvalue weighted by Gasteiger charge is -2.31. The molecule has 0 spiro atoms. The molecule has 2 heterocycles. The lowest BCUT2D eigenvalue weighted by atomic mass is 9.85. The van der Waals surface area contributed by atoms with Crippen LogP contribution in [-0.2, 0) is 6.54 Å². The number of likely N-dealkylation sites (tertiary alicyclic amines) is 1. The highest BCUT2D eigenvalue weighted by Gasteiger charge is 2.22. The summed E-state index contributed by atoms with van der Waals surface area (Å²) in [6.07, 6.45) is 7.49. The van der Waals surface area contributed by atoms with Crippen LogP contribution in [0, 0.1) is 5.92 Å². The number of aromatic nitrogens is 2. The van der Waals surface area contributed by atoms with Crippen molar-refractivity contribution in [2.75, 3.05) is 25.5 Å². The highest BCUT2D eigenvalue weighted by Crippen LogP contribution is 2.27. The first-order chi connectivity index (χ1) is 10.1. The molecule has 1 aromatic rings. The van der Waals surface area contributed by atoms with Crippen LogP contribution in [0.3, 0.4) is 0 Å². The molecule has 0 amide bonds. The summed E-state index contributed by atoms with van der Waals surface area (Å²) in [6.45, 7) is 2.78. The van der Waals surface area contributed by atoms with Gasteiger partial charge in [-0.05, 0) is 45.2 Å². The van der Waals surface area contributed by atoms with E-state index in [2.05, 4.69) is 22.4 Å². The molecule has 116 valence electrons. The number of nitrogens with one attached hydrogen (secondary N) is 1. The molecule has 2 fully saturated rings. The van der Waals surface area contributed by atoms with Crippen molar-refractivity contribution in [1.82, 2.24) is 14.7 Å². The standard InChI is InChI=1S/C15H23ClN4O/c1-19-7-3-6-12(10-19)18-14-13(16)8-17-20(15(14)21)9-11-4-2-5-11/h8,11-12,18H,2-7,9-10H2,1H3. The van der Waals surface area contributed by atoms with Crippen LogP contribution in [0.5, 0.6) is 0 Å². The average Bonchev–Trinajstić information content (AvgIpc) is 2.41. The molecule has 5 nitrogen and oxygen atoms in total. The molecule has 1 atom stereocenters. The van der Waals surface area contributed by atoms with Crippen LogP contribution in [0.1, 0.15) is 32.1 Å². The molecule has 1 unspecified atom stereocenters. The second-order valence-corrected chi connectivity index (χ2v) is 6.80. The van der Waals surface area contributed by atoms with Crippen LogP contribution in [0.15, 0.2) is 11.0 Å². The molecule has 6 heteroatoms. The summed E-state index contributed by atoms with van der Waals surface area (Å²) in [5, 5.41) is 7.97. The van der Waals surface area contributed by atoms with Gasteiger partial charge < -0.3 is 10.2 Å². The minimum atomic E-state index is -0.0809. The first-order valence-corrected chi connectivity index (χ1v) is 8.22. The number of anilines is 1. The highest BCUT2D eigenvalue weighted by atomic mass is 35.5. The number of hydrogen-bond acceptors (Lipinski definition) is 4. The van der Waals surface area contributed by atoms with Crippen molar-refractivity contribution < 1.29 is 0 Å². The van der Waals surface area contributed by atoms with Gasteiger partial charge in [0.25, 0.3) is 5.56 Å². The number of hydrogen-bond donors (Lipinski definition) is 1. The normalized spacial score (nSPS) is 23.8. The SMILES string of the molecule is CN1CCCC(Nc2c(Cl)cnn(CC3CCC3)c2=O)C1. The van der Waals surface area contributed by atoms with Gasteiger partial charge in [0.15, 0.2) is 0 Å². The molecular formula is C15H23ClN4O. The van der Waals surface area contributed by atoms with E-state index in [4.69, 9.17) is 11.6 Å². The Morgan fingerprint density at radius 1 is 1.38 bits per heavy atom. The van der Waals surface area contributed by atoms with Crippen LogP contribution in [-0.4, -0.2) is 40.9 Å². The van der Waals surface area contributed by atoms with Crippen molar-refractivity contribution in [3.8, 4) is 0 Å². The maximum Gasteiger partial charge on any atom is 0.291 e. The molecule has 21 heavy (non-hydrogen) atoms. The second-order valence-electron chi connectivity index (χ2n) is 6.40. The van der Waals surface area contributed by atoms with Crippen molar-refractivity contribution in [3.05, 3.63) is 21.6 Å². The molecule has 0 radical (unpaired) electrons. The fourth-order valence-corrected chi connectivity index (χ4v) is 3.32. The van der Waals surface area contributed by atoms with Crippen LogP contribution in [0.2, 0.25) is 5.02 Å². The summed E-state index contributed by atoms with van der Waals surface area (Å²) in [6, 6.07) is 0.286. The molecule has 0 bridgehead atoms. The summed E-state index contributed by atoms with van der Waals surface area (Å²) in [4.78, 5) is 14.8. The van der Waals surface area contributed by atoms with Gasteiger partial charge in [0.05, 0.1) is 11.2 Å². The smallest absolute Gasteiger partial charge is 0.291 e. The topological polar surface area (TPSA) is 50.2 Å². The van der Waals surface area contributed by atoms with E-state index < -0.39 is 0 Å². The quantitative estimate of drug-likeness (QED) is 0.926. The Morgan fingerprint density at radius 3 is 2.86 bits per heavy atom. The van der Waals surface area contributed by atoms with E-state index in [1.165, 1.54) is 19.3 Å². The summed E-state index contributed by atoms with van der Waals surface area (Å²) < 4.78 is 1.57. The van der Waals surface area contributed by atoms with Crippen molar-refractivity contribution in [2.24, 2.45) is 5.92 Å². The van der Waals surface area contributed by atoms with E-state index in [0.29, 0.717) is 16.6 Å². The largest absolute Gasteiger partial charge is 0.375 e. The summed E-state index contributed by atoms with van der Waals surface area (Å²) >= 11 is 6.19. The maximum absolute atomic E-state index is 12.6. The fourth-order valence-electron chi connectivity index (χ4n) is 3.14. The Morgan fingerprint density at radius 2 is 2.19 bits per heavy atom. The van der Waals surface area contributed by atoms with Crippen molar-refractivity contribution in [3.63, 3.8) is 0 Å². The molecule has 1 N–H and O–H groups in total. The van der Waals surface area contributed by atoms with E-state index in [0.717, 1.165) is 32.5 Å². The number of rotatable bonds is 4. The third-order valence-corrected chi connectivity index (χ3v) is 4.91. The number of likely N-dealkylation sites (N-methyl/N-ethyl adjacent to an activating group) is 1. The number of piperidine rings is 1. The van der Waals surface area contributed by atoms with E-state index >= 15 is 0 Å². The molecule has 1 aliphatic heterocycles. The van der Waals surface area contributed by atoms with Gasteiger partial charge in [-0.15, -0.1) is 0 Å². The fraction of sp³-hybridized carbons (Fsp3) is 0.733. The third kappa shape index (κ3) is 3.40. The molecule has 1 aromatic heterocycles. The van der Waals surface area contributed by atoms with Crippen LogP contribution in [0.25, 0.3) is 0 Å². The van der Waals surface area contributed by atoms with Gasteiger partial charge in [-0.2, -0.15) is 5.10 Å². The van der Waals surface area contributed by atoms with E-state index in [1.54, 1.807) is 10.9 Å². The third-order valence-electron chi connectivity index (χ3n) is 4.63. The Balaban J connectivity index is 1.76. The monoisotopic (exact) mass is 310 g/mol. The highest BCUT2D eigenvalue weighted by molar-refractivity contribution is 6.33. The molecular weight excluding hydrogens is 288 g/mol. The van der Waals surface area contributed by atoms with Gasteiger partial charge in [-0.3, -0.25) is 4.79 Å². The zero-order chi connectivity index (χ0) is 14.8. The molecule has 3 rings (SSSR count). The summed E-state index contributed by atoms with van der Waals surface area (Å²) in [5.41, 5.74) is 0.439. The Kier molecular flexibility index (Phi) is 4.50.